The lowest BCUT2D eigenvalue weighted by Crippen LogP contribution is -2.25. The van der Waals surface area contributed by atoms with Gasteiger partial charge in [-0.25, -0.2) is 4.39 Å². The third-order valence-corrected chi connectivity index (χ3v) is 2.88. The van der Waals surface area contributed by atoms with Crippen LogP contribution in [-0.4, -0.2) is 47.6 Å². The molecule has 0 aliphatic rings. The molecule has 0 aliphatic heterocycles. The zero-order valence-electron chi connectivity index (χ0n) is 11.9. The average molecular weight is 270 g/mol. The maximum absolute atomic E-state index is 13.3. The summed E-state index contributed by atoms with van der Waals surface area (Å²) in [6.45, 7) is 3.42. The highest BCUT2D eigenvalue weighted by molar-refractivity contribution is 5.53. The fourth-order valence-electron chi connectivity index (χ4n) is 1.81. The largest absolute Gasteiger partial charge is 0.383 e. The summed E-state index contributed by atoms with van der Waals surface area (Å²) in [6, 6.07) is 4.86. The minimum Gasteiger partial charge on any atom is -0.383 e. The van der Waals surface area contributed by atoms with Crippen molar-refractivity contribution in [3.63, 3.8) is 0 Å². The summed E-state index contributed by atoms with van der Waals surface area (Å²) in [4.78, 5) is 2.07. The van der Waals surface area contributed by atoms with Crippen molar-refractivity contribution >= 4 is 5.69 Å². The van der Waals surface area contributed by atoms with Crippen LogP contribution in [-0.2, 0) is 16.0 Å². The lowest BCUT2D eigenvalue weighted by atomic mass is 10.1. The predicted molar refractivity (Wildman–Crippen MR) is 75.1 cm³/mol. The first-order valence-electron chi connectivity index (χ1n) is 6.37. The quantitative estimate of drug-likeness (QED) is 0.692. The number of likely N-dealkylation sites (N-methyl/N-ethyl adjacent to an activating group) is 1. The first kappa shape index (κ1) is 15.9. The number of halogens is 1. The molecule has 4 nitrogen and oxygen atoms in total. The van der Waals surface area contributed by atoms with E-state index in [1.54, 1.807) is 26.4 Å². The Morgan fingerprint density at radius 3 is 2.63 bits per heavy atom. The van der Waals surface area contributed by atoms with E-state index in [-0.39, 0.29) is 5.82 Å². The number of hydrogen-bond acceptors (Lipinski definition) is 4. The fourth-order valence-corrected chi connectivity index (χ4v) is 1.81. The lowest BCUT2D eigenvalue weighted by molar-refractivity contribution is 0.199. The van der Waals surface area contributed by atoms with Gasteiger partial charge >= 0.3 is 0 Å². The number of nitrogens with zero attached hydrogens (tertiary/aromatic N) is 1. The molecule has 1 rings (SSSR count). The van der Waals surface area contributed by atoms with Crippen LogP contribution in [0.15, 0.2) is 18.2 Å². The number of nitrogens with one attached hydrogen (secondary N) is 1. The highest BCUT2D eigenvalue weighted by Crippen LogP contribution is 2.20. The lowest BCUT2D eigenvalue weighted by Gasteiger charge is -2.22. The standard InChI is InChI=1S/C14H23FN2O2/c1-17(7-9-19-3)14-5-4-13(15)10-12(14)11-16-6-8-18-2/h4-5,10,16H,6-9,11H2,1-3H3. The highest BCUT2D eigenvalue weighted by Gasteiger charge is 2.08. The maximum atomic E-state index is 13.3. The highest BCUT2D eigenvalue weighted by atomic mass is 19.1. The molecule has 1 aromatic rings. The van der Waals surface area contributed by atoms with Gasteiger partial charge in [0.15, 0.2) is 0 Å². The van der Waals surface area contributed by atoms with Crippen LogP contribution in [0.4, 0.5) is 10.1 Å². The fraction of sp³-hybridized carbons (Fsp3) is 0.571. The van der Waals surface area contributed by atoms with Gasteiger partial charge in [-0.05, 0) is 23.8 Å². The summed E-state index contributed by atoms with van der Waals surface area (Å²) < 4.78 is 23.4. The van der Waals surface area contributed by atoms with Gasteiger partial charge < -0.3 is 19.7 Å². The van der Waals surface area contributed by atoms with E-state index in [1.807, 2.05) is 7.05 Å². The molecule has 0 aliphatic carbocycles. The minimum absolute atomic E-state index is 0.215. The Bertz CT molecular complexity index is 374. The molecule has 0 fully saturated rings. The monoisotopic (exact) mass is 270 g/mol. The normalized spacial score (nSPS) is 10.7. The van der Waals surface area contributed by atoms with Crippen molar-refractivity contribution < 1.29 is 13.9 Å². The number of hydrogen-bond donors (Lipinski definition) is 1. The molecule has 0 heterocycles. The summed E-state index contributed by atoms with van der Waals surface area (Å²) >= 11 is 0. The molecule has 0 saturated carbocycles. The maximum Gasteiger partial charge on any atom is 0.123 e. The Morgan fingerprint density at radius 1 is 1.21 bits per heavy atom. The Morgan fingerprint density at radius 2 is 1.95 bits per heavy atom. The predicted octanol–water partition coefficient (Wildman–Crippen LogP) is 1.64. The third-order valence-electron chi connectivity index (χ3n) is 2.88. The van der Waals surface area contributed by atoms with Gasteiger partial charge in [0.25, 0.3) is 0 Å². The Labute approximate surface area is 114 Å². The van der Waals surface area contributed by atoms with Gasteiger partial charge in [-0.3, -0.25) is 0 Å². The first-order valence-corrected chi connectivity index (χ1v) is 6.37. The molecule has 19 heavy (non-hydrogen) atoms. The molecule has 0 spiro atoms. The molecule has 1 N–H and O–H groups in total. The van der Waals surface area contributed by atoms with Crippen molar-refractivity contribution in [3.8, 4) is 0 Å². The van der Waals surface area contributed by atoms with E-state index in [2.05, 4.69) is 10.2 Å². The van der Waals surface area contributed by atoms with E-state index in [0.29, 0.717) is 19.8 Å². The van der Waals surface area contributed by atoms with Crippen molar-refractivity contribution in [3.05, 3.63) is 29.6 Å². The SMILES string of the molecule is COCCNCc1cc(F)ccc1N(C)CCOC. The summed E-state index contributed by atoms with van der Waals surface area (Å²) in [5, 5.41) is 3.23. The third kappa shape index (κ3) is 5.55. The van der Waals surface area contributed by atoms with Crippen molar-refractivity contribution in [1.29, 1.82) is 0 Å². The van der Waals surface area contributed by atoms with Crippen LogP contribution >= 0.6 is 0 Å². The van der Waals surface area contributed by atoms with Crippen LogP contribution in [0.25, 0.3) is 0 Å². The van der Waals surface area contributed by atoms with E-state index < -0.39 is 0 Å². The molecule has 0 bridgehead atoms. The molecule has 0 radical (unpaired) electrons. The van der Waals surface area contributed by atoms with E-state index in [1.165, 1.54) is 6.07 Å². The smallest absolute Gasteiger partial charge is 0.123 e. The Hall–Kier alpha value is -1.17. The molecule has 108 valence electrons. The van der Waals surface area contributed by atoms with Crippen molar-refractivity contribution in [2.24, 2.45) is 0 Å². The molecule has 0 unspecified atom stereocenters. The molecular weight excluding hydrogens is 247 g/mol. The van der Waals surface area contributed by atoms with E-state index >= 15 is 0 Å². The molecule has 0 saturated heterocycles. The van der Waals surface area contributed by atoms with Crippen LogP contribution in [0.5, 0.6) is 0 Å². The van der Waals surface area contributed by atoms with Crippen LogP contribution in [0.3, 0.4) is 0 Å². The number of ether oxygens (including phenoxy) is 2. The van der Waals surface area contributed by atoms with Crippen LogP contribution in [0.1, 0.15) is 5.56 Å². The van der Waals surface area contributed by atoms with Crippen LogP contribution in [0, 0.1) is 5.82 Å². The van der Waals surface area contributed by atoms with E-state index in [0.717, 1.165) is 24.3 Å². The van der Waals surface area contributed by atoms with E-state index in [9.17, 15) is 4.39 Å². The second-order valence-corrected chi connectivity index (χ2v) is 4.36. The minimum atomic E-state index is -0.215. The van der Waals surface area contributed by atoms with Crippen LogP contribution < -0.4 is 10.2 Å². The van der Waals surface area contributed by atoms with Gasteiger partial charge in [0.05, 0.1) is 13.2 Å². The molecular formula is C14H23FN2O2. The molecule has 1 aromatic carbocycles. The average Bonchev–Trinajstić information content (AvgIpc) is 2.41. The number of rotatable bonds is 9. The topological polar surface area (TPSA) is 33.7 Å². The molecule has 0 amide bonds. The van der Waals surface area contributed by atoms with Gasteiger partial charge in [0, 0.05) is 46.6 Å². The molecule has 5 heteroatoms. The van der Waals surface area contributed by atoms with Crippen LogP contribution in [0.2, 0.25) is 0 Å². The van der Waals surface area contributed by atoms with Crippen molar-refractivity contribution in [2.75, 3.05) is 52.5 Å². The molecule has 0 atom stereocenters. The van der Waals surface area contributed by atoms with Gasteiger partial charge in [0.1, 0.15) is 5.82 Å². The second-order valence-electron chi connectivity index (χ2n) is 4.36. The van der Waals surface area contributed by atoms with Crippen molar-refractivity contribution in [2.45, 2.75) is 6.54 Å². The van der Waals surface area contributed by atoms with Crippen molar-refractivity contribution in [1.82, 2.24) is 5.32 Å². The zero-order valence-corrected chi connectivity index (χ0v) is 11.9. The first-order chi connectivity index (χ1) is 9.19. The summed E-state index contributed by atoms with van der Waals surface area (Å²) in [5.41, 5.74) is 1.96. The second kappa shape index (κ2) is 8.85. The Kier molecular flexibility index (Phi) is 7.40. The Balaban J connectivity index is 2.67. The summed E-state index contributed by atoms with van der Waals surface area (Å²) in [6.07, 6.45) is 0. The van der Waals surface area contributed by atoms with Gasteiger partial charge in [-0.15, -0.1) is 0 Å². The summed E-state index contributed by atoms with van der Waals surface area (Å²) in [7, 11) is 5.31. The van der Waals surface area contributed by atoms with Gasteiger partial charge in [-0.2, -0.15) is 0 Å². The summed E-state index contributed by atoms with van der Waals surface area (Å²) in [5.74, 6) is -0.215. The van der Waals surface area contributed by atoms with Gasteiger partial charge in [-0.1, -0.05) is 0 Å². The number of methoxy groups -OCH3 is 2. The van der Waals surface area contributed by atoms with Gasteiger partial charge in [0.2, 0.25) is 0 Å². The zero-order chi connectivity index (χ0) is 14.1. The number of anilines is 1. The number of benzene rings is 1. The van der Waals surface area contributed by atoms with E-state index in [4.69, 9.17) is 9.47 Å². The molecule has 0 aromatic heterocycles.